The number of ether oxygens (including phenoxy) is 1. The predicted octanol–water partition coefficient (Wildman–Crippen LogP) is 5.14. The number of aromatic nitrogens is 1. The van der Waals surface area contributed by atoms with E-state index in [4.69, 9.17) is 4.74 Å². The van der Waals surface area contributed by atoms with Crippen LogP contribution < -0.4 is 4.74 Å². The topological polar surface area (TPSA) is 82.9 Å². The van der Waals surface area contributed by atoms with Gasteiger partial charge in [-0.25, -0.2) is 4.39 Å². The van der Waals surface area contributed by atoms with Gasteiger partial charge >= 0.3 is 5.97 Å². The third kappa shape index (κ3) is 7.30. The monoisotopic (exact) mass is 492 g/mol. The Balaban J connectivity index is 1.63. The summed E-state index contributed by atoms with van der Waals surface area (Å²) in [6, 6.07) is 5.22. The van der Waals surface area contributed by atoms with Crippen LogP contribution in [0.4, 0.5) is 4.39 Å². The fourth-order valence-corrected chi connectivity index (χ4v) is 5.97. The molecule has 6 nitrogen and oxygen atoms in total. The summed E-state index contributed by atoms with van der Waals surface area (Å²) in [5.41, 5.74) is 0.838. The van der Waals surface area contributed by atoms with Crippen molar-refractivity contribution in [1.29, 1.82) is 0 Å². The summed E-state index contributed by atoms with van der Waals surface area (Å²) in [6.07, 6.45) is 4.66. The van der Waals surface area contributed by atoms with Crippen molar-refractivity contribution >= 4 is 28.6 Å². The van der Waals surface area contributed by atoms with Crippen molar-refractivity contribution in [1.82, 2.24) is 9.88 Å². The second-order valence-electron chi connectivity index (χ2n) is 9.17. The number of thioether (sulfide) groups is 1. The molecule has 3 unspecified atom stereocenters. The number of carbonyl (C=O) groups is 1. The third-order valence-electron chi connectivity index (χ3n) is 6.82. The van der Waals surface area contributed by atoms with Gasteiger partial charge in [-0.3, -0.25) is 9.78 Å². The molecule has 2 N–H and O–H groups in total. The van der Waals surface area contributed by atoms with Crippen LogP contribution in [0.25, 0.3) is 10.9 Å². The van der Waals surface area contributed by atoms with Gasteiger partial charge in [0, 0.05) is 36.2 Å². The number of pyridine rings is 1. The second-order valence-corrected chi connectivity index (χ2v) is 10.4. The number of carboxylic acids is 1. The first-order valence-corrected chi connectivity index (χ1v) is 13.4. The molecule has 1 aliphatic rings. The molecule has 3 rings (SSSR count). The zero-order valence-corrected chi connectivity index (χ0v) is 21.0. The van der Waals surface area contributed by atoms with Crippen LogP contribution in [0.1, 0.15) is 57.1 Å². The number of aliphatic hydroxyl groups excluding tert-OH is 1. The predicted molar refractivity (Wildman–Crippen MR) is 135 cm³/mol. The Morgan fingerprint density at radius 1 is 1.35 bits per heavy atom. The Kier molecular flexibility index (Phi) is 10.4. The molecule has 0 amide bonds. The number of nitrogens with zero attached hydrogens (tertiary/aromatic N) is 2. The molecule has 1 aromatic carbocycles. The summed E-state index contributed by atoms with van der Waals surface area (Å²) in [6.45, 7) is 4.89. The summed E-state index contributed by atoms with van der Waals surface area (Å²) in [5.74, 6) is 1.74. The highest BCUT2D eigenvalue weighted by Gasteiger charge is 2.31. The highest BCUT2D eigenvalue weighted by atomic mass is 32.2. The first kappa shape index (κ1) is 26.7. The molecule has 2 heterocycles. The van der Waals surface area contributed by atoms with Gasteiger partial charge in [0.15, 0.2) is 0 Å². The molecule has 0 aliphatic carbocycles. The smallest absolute Gasteiger partial charge is 0.303 e. The summed E-state index contributed by atoms with van der Waals surface area (Å²) in [4.78, 5) is 18.0. The van der Waals surface area contributed by atoms with Gasteiger partial charge in [-0.2, -0.15) is 11.8 Å². The van der Waals surface area contributed by atoms with Crippen LogP contribution in [-0.4, -0.2) is 64.3 Å². The van der Waals surface area contributed by atoms with Gasteiger partial charge in [0.05, 0.1) is 24.9 Å². The molecule has 0 bridgehead atoms. The lowest BCUT2D eigenvalue weighted by Gasteiger charge is -2.38. The molecule has 0 saturated carbocycles. The maximum absolute atomic E-state index is 14.7. The average molecular weight is 493 g/mol. The van der Waals surface area contributed by atoms with Crippen LogP contribution in [0.5, 0.6) is 5.75 Å². The number of benzene rings is 1. The number of aliphatic hydroxyl groups is 1. The van der Waals surface area contributed by atoms with Crippen molar-refractivity contribution in [2.24, 2.45) is 11.8 Å². The number of rotatable bonds is 13. The van der Waals surface area contributed by atoms with Crippen molar-refractivity contribution in [2.45, 2.75) is 51.6 Å². The van der Waals surface area contributed by atoms with Crippen LogP contribution >= 0.6 is 11.8 Å². The second kappa shape index (κ2) is 13.3. The third-order valence-corrected chi connectivity index (χ3v) is 7.87. The summed E-state index contributed by atoms with van der Waals surface area (Å²) in [5, 5.41) is 21.0. The Labute approximate surface area is 205 Å². The number of fused-ring (bicyclic) bond motifs is 1. The van der Waals surface area contributed by atoms with Crippen LogP contribution in [0.2, 0.25) is 0 Å². The maximum atomic E-state index is 14.7. The van der Waals surface area contributed by atoms with E-state index in [9.17, 15) is 19.4 Å². The average Bonchev–Trinajstić information content (AvgIpc) is 2.82. The molecule has 8 heteroatoms. The largest absolute Gasteiger partial charge is 0.497 e. The number of hydrogen-bond acceptors (Lipinski definition) is 6. The summed E-state index contributed by atoms with van der Waals surface area (Å²) in [7, 11) is 1.54. The zero-order chi connectivity index (χ0) is 24.5. The maximum Gasteiger partial charge on any atom is 0.303 e. The quantitative estimate of drug-likeness (QED) is 0.375. The molecule has 0 radical (unpaired) electrons. The number of likely N-dealkylation sites (tertiary alicyclic amines) is 1. The minimum atomic E-state index is -0.990. The molecule has 0 spiro atoms. The van der Waals surface area contributed by atoms with Crippen LogP contribution in [0.15, 0.2) is 24.4 Å². The van der Waals surface area contributed by atoms with Crippen LogP contribution in [0.3, 0.4) is 0 Å². The number of carboxylic acid groups (broad SMARTS) is 1. The van der Waals surface area contributed by atoms with Gasteiger partial charge in [0.1, 0.15) is 11.6 Å². The zero-order valence-electron chi connectivity index (χ0n) is 20.2. The van der Waals surface area contributed by atoms with E-state index in [0.717, 1.165) is 38.0 Å². The standard InChI is InChI=1S/C26H37FN2O4S/c1-3-4-12-34-13-11-29-10-9-18(19(17-29)14-25(31)32)5-8-24(30)26-21-15-20(33-2)6-7-23(21)28-16-22(26)27/h6-7,15-16,18-19,24,30H,3-5,8-14,17H2,1-2H3,(H,31,32). The number of halogens is 1. The van der Waals surface area contributed by atoms with E-state index >= 15 is 0 Å². The van der Waals surface area contributed by atoms with E-state index in [1.54, 1.807) is 25.3 Å². The number of piperidine rings is 1. The van der Waals surface area contributed by atoms with Crippen LogP contribution in [-0.2, 0) is 4.79 Å². The van der Waals surface area contributed by atoms with E-state index in [-0.39, 0.29) is 23.8 Å². The van der Waals surface area contributed by atoms with E-state index in [2.05, 4.69) is 16.8 Å². The summed E-state index contributed by atoms with van der Waals surface area (Å²) >= 11 is 1.96. The minimum absolute atomic E-state index is 0.0400. The van der Waals surface area contributed by atoms with Gasteiger partial charge < -0.3 is 19.8 Å². The summed E-state index contributed by atoms with van der Waals surface area (Å²) < 4.78 is 20.0. The van der Waals surface area contributed by atoms with E-state index in [1.165, 1.54) is 18.6 Å². The molecular formula is C26H37FN2O4S. The molecule has 1 aromatic heterocycles. The van der Waals surface area contributed by atoms with Crippen LogP contribution in [0, 0.1) is 17.7 Å². The van der Waals surface area contributed by atoms with Crippen molar-refractivity contribution in [3.63, 3.8) is 0 Å². The van der Waals surface area contributed by atoms with Gasteiger partial charge in [0.25, 0.3) is 0 Å². The molecule has 1 saturated heterocycles. The van der Waals surface area contributed by atoms with E-state index in [1.807, 2.05) is 11.8 Å². The molecule has 1 aliphatic heterocycles. The first-order valence-electron chi connectivity index (χ1n) is 12.2. The molecule has 2 aromatic rings. The van der Waals surface area contributed by atoms with Crippen molar-refractivity contribution < 1.29 is 24.1 Å². The molecular weight excluding hydrogens is 455 g/mol. The Morgan fingerprint density at radius 3 is 2.91 bits per heavy atom. The lowest BCUT2D eigenvalue weighted by atomic mass is 9.79. The van der Waals surface area contributed by atoms with E-state index in [0.29, 0.717) is 29.5 Å². The van der Waals surface area contributed by atoms with Crippen molar-refractivity contribution in [2.75, 3.05) is 38.2 Å². The highest BCUT2D eigenvalue weighted by molar-refractivity contribution is 7.99. The van der Waals surface area contributed by atoms with Gasteiger partial charge in [-0.05, 0) is 68.0 Å². The Morgan fingerprint density at radius 2 is 2.18 bits per heavy atom. The Hall–Kier alpha value is -1.90. The number of aliphatic carboxylic acids is 1. The molecule has 1 fully saturated rings. The van der Waals surface area contributed by atoms with Crippen molar-refractivity contribution in [3.05, 3.63) is 35.8 Å². The first-order chi connectivity index (χ1) is 16.4. The fraction of sp³-hybridized carbons (Fsp3) is 0.615. The molecule has 188 valence electrons. The lowest BCUT2D eigenvalue weighted by Crippen LogP contribution is -2.42. The van der Waals surface area contributed by atoms with E-state index < -0.39 is 17.9 Å². The molecule has 3 atom stereocenters. The van der Waals surface area contributed by atoms with Gasteiger partial charge in [0.2, 0.25) is 0 Å². The number of hydrogen-bond donors (Lipinski definition) is 2. The van der Waals surface area contributed by atoms with Gasteiger partial charge in [-0.15, -0.1) is 0 Å². The van der Waals surface area contributed by atoms with Crippen molar-refractivity contribution in [3.8, 4) is 5.75 Å². The number of unbranched alkanes of at least 4 members (excludes halogenated alkanes) is 1. The normalized spacial score (nSPS) is 19.9. The number of methoxy groups -OCH3 is 1. The Bertz CT molecular complexity index is 944. The highest BCUT2D eigenvalue weighted by Crippen LogP contribution is 2.35. The molecule has 34 heavy (non-hydrogen) atoms. The fourth-order valence-electron chi connectivity index (χ4n) is 4.89. The lowest BCUT2D eigenvalue weighted by molar-refractivity contribution is -0.139. The minimum Gasteiger partial charge on any atom is -0.497 e. The SMILES string of the molecule is CCCCSCCN1CCC(CCC(O)c2c(F)cnc3ccc(OC)cc23)C(CC(=O)O)C1. The van der Waals surface area contributed by atoms with Gasteiger partial charge in [-0.1, -0.05) is 13.3 Å².